The van der Waals surface area contributed by atoms with E-state index in [4.69, 9.17) is 4.74 Å². The van der Waals surface area contributed by atoms with Crippen LogP contribution in [0.4, 0.5) is 0 Å². The van der Waals surface area contributed by atoms with Crippen molar-refractivity contribution in [3.8, 4) is 10.7 Å². The molecule has 0 atom stereocenters. The Morgan fingerprint density at radius 2 is 2.22 bits per heavy atom. The number of aromatic nitrogens is 2. The van der Waals surface area contributed by atoms with Gasteiger partial charge in [-0.1, -0.05) is 6.07 Å². The van der Waals surface area contributed by atoms with Crippen molar-refractivity contribution in [2.45, 2.75) is 20.3 Å². The number of carbonyl (C=O) groups is 1. The van der Waals surface area contributed by atoms with Gasteiger partial charge in [-0.05, 0) is 26.0 Å². The fourth-order valence-electron chi connectivity index (χ4n) is 1.53. The Balaban J connectivity index is 2.13. The first-order valence-electron chi connectivity index (χ1n) is 5.73. The van der Waals surface area contributed by atoms with Crippen molar-refractivity contribution in [1.82, 2.24) is 9.97 Å². The highest BCUT2D eigenvalue weighted by molar-refractivity contribution is 7.13. The lowest BCUT2D eigenvalue weighted by atomic mass is 10.3. The Labute approximate surface area is 110 Å². The van der Waals surface area contributed by atoms with E-state index in [1.54, 1.807) is 6.92 Å². The van der Waals surface area contributed by atoms with Gasteiger partial charge in [0.2, 0.25) is 0 Å². The first-order valence-corrected chi connectivity index (χ1v) is 6.61. The van der Waals surface area contributed by atoms with Crippen LogP contribution in [0, 0.1) is 6.92 Å². The normalized spacial score (nSPS) is 10.3. The standard InChI is InChI=1S/C13H14N2O2S/c1-3-17-12(16)7-10-8-18-13(15-10)11-6-4-5-9(2)14-11/h4-6,8H,3,7H2,1-2H3. The number of rotatable bonds is 4. The largest absolute Gasteiger partial charge is 0.466 e. The molecule has 18 heavy (non-hydrogen) atoms. The average molecular weight is 262 g/mol. The van der Waals surface area contributed by atoms with Crippen LogP contribution in [0.2, 0.25) is 0 Å². The molecule has 0 unspecified atom stereocenters. The number of thiazole rings is 1. The van der Waals surface area contributed by atoms with Crippen molar-refractivity contribution in [1.29, 1.82) is 0 Å². The Kier molecular flexibility index (Phi) is 4.04. The minimum Gasteiger partial charge on any atom is -0.466 e. The predicted molar refractivity (Wildman–Crippen MR) is 70.4 cm³/mol. The van der Waals surface area contributed by atoms with Gasteiger partial charge in [-0.3, -0.25) is 9.78 Å². The summed E-state index contributed by atoms with van der Waals surface area (Å²) in [5, 5.41) is 2.70. The van der Waals surface area contributed by atoms with Crippen LogP contribution in [0.5, 0.6) is 0 Å². The number of hydrogen-bond donors (Lipinski definition) is 0. The van der Waals surface area contributed by atoms with Crippen LogP contribution >= 0.6 is 11.3 Å². The molecule has 0 saturated heterocycles. The van der Waals surface area contributed by atoms with E-state index in [1.165, 1.54) is 11.3 Å². The monoisotopic (exact) mass is 262 g/mol. The maximum absolute atomic E-state index is 11.3. The smallest absolute Gasteiger partial charge is 0.311 e. The average Bonchev–Trinajstić information content (AvgIpc) is 2.78. The lowest BCUT2D eigenvalue weighted by molar-refractivity contribution is -0.142. The molecule has 2 rings (SSSR count). The maximum Gasteiger partial charge on any atom is 0.311 e. The van der Waals surface area contributed by atoms with Crippen molar-refractivity contribution >= 4 is 17.3 Å². The lowest BCUT2D eigenvalue weighted by Gasteiger charge is -1.98. The Morgan fingerprint density at radius 3 is 2.94 bits per heavy atom. The van der Waals surface area contributed by atoms with Crippen LogP contribution in [0.1, 0.15) is 18.3 Å². The minimum absolute atomic E-state index is 0.218. The third kappa shape index (κ3) is 3.13. The second-order valence-electron chi connectivity index (χ2n) is 3.79. The van der Waals surface area contributed by atoms with Crippen molar-refractivity contribution in [3.05, 3.63) is 35.0 Å². The molecule has 5 heteroatoms. The molecule has 0 radical (unpaired) electrons. The number of hydrogen-bond acceptors (Lipinski definition) is 5. The molecule has 2 aromatic rings. The van der Waals surface area contributed by atoms with Crippen molar-refractivity contribution < 1.29 is 9.53 Å². The quantitative estimate of drug-likeness (QED) is 0.795. The van der Waals surface area contributed by atoms with E-state index < -0.39 is 0 Å². The van der Waals surface area contributed by atoms with Crippen LogP contribution < -0.4 is 0 Å². The number of aryl methyl sites for hydroxylation is 1. The zero-order valence-corrected chi connectivity index (χ0v) is 11.2. The van der Waals surface area contributed by atoms with Gasteiger partial charge in [-0.15, -0.1) is 11.3 Å². The molecule has 0 saturated carbocycles. The molecule has 0 aliphatic carbocycles. The van der Waals surface area contributed by atoms with E-state index in [0.717, 1.165) is 22.1 Å². The number of ether oxygens (including phenoxy) is 1. The fraction of sp³-hybridized carbons (Fsp3) is 0.308. The number of nitrogens with zero attached hydrogens (tertiary/aromatic N) is 2. The molecule has 0 fully saturated rings. The maximum atomic E-state index is 11.3. The van der Waals surface area contributed by atoms with E-state index in [-0.39, 0.29) is 12.4 Å². The third-order valence-electron chi connectivity index (χ3n) is 2.29. The molecule has 0 spiro atoms. The van der Waals surface area contributed by atoms with Gasteiger partial charge in [0.15, 0.2) is 0 Å². The Morgan fingerprint density at radius 1 is 1.39 bits per heavy atom. The highest BCUT2D eigenvalue weighted by Crippen LogP contribution is 2.22. The highest BCUT2D eigenvalue weighted by atomic mass is 32.1. The zero-order valence-electron chi connectivity index (χ0n) is 10.3. The number of esters is 1. The van der Waals surface area contributed by atoms with Crippen LogP contribution in [0.3, 0.4) is 0 Å². The summed E-state index contributed by atoms with van der Waals surface area (Å²) in [6, 6.07) is 5.81. The fourth-order valence-corrected chi connectivity index (χ4v) is 2.32. The molecule has 0 aliphatic heterocycles. The van der Waals surface area contributed by atoms with E-state index in [1.807, 2.05) is 30.5 Å². The van der Waals surface area contributed by atoms with Crippen molar-refractivity contribution in [3.63, 3.8) is 0 Å². The van der Waals surface area contributed by atoms with E-state index in [0.29, 0.717) is 6.61 Å². The molecular weight excluding hydrogens is 248 g/mol. The lowest BCUT2D eigenvalue weighted by Crippen LogP contribution is -2.07. The Bertz CT molecular complexity index is 551. The highest BCUT2D eigenvalue weighted by Gasteiger charge is 2.10. The predicted octanol–water partition coefficient (Wildman–Crippen LogP) is 2.62. The van der Waals surface area contributed by atoms with Gasteiger partial charge >= 0.3 is 5.97 Å². The zero-order chi connectivity index (χ0) is 13.0. The molecule has 0 aromatic carbocycles. The van der Waals surface area contributed by atoms with E-state index >= 15 is 0 Å². The van der Waals surface area contributed by atoms with Crippen molar-refractivity contribution in [2.24, 2.45) is 0 Å². The molecule has 0 N–H and O–H groups in total. The van der Waals surface area contributed by atoms with Gasteiger partial charge < -0.3 is 4.74 Å². The number of carbonyl (C=O) groups excluding carboxylic acids is 1. The summed E-state index contributed by atoms with van der Waals surface area (Å²) in [7, 11) is 0. The van der Waals surface area contributed by atoms with Gasteiger partial charge in [0.25, 0.3) is 0 Å². The van der Waals surface area contributed by atoms with Crippen LogP contribution in [0.25, 0.3) is 10.7 Å². The first kappa shape index (κ1) is 12.7. The minimum atomic E-state index is -0.244. The van der Waals surface area contributed by atoms with E-state index in [9.17, 15) is 4.79 Å². The SMILES string of the molecule is CCOC(=O)Cc1csc(-c2cccc(C)n2)n1. The molecule has 2 heterocycles. The molecule has 0 amide bonds. The van der Waals surface area contributed by atoms with Crippen LogP contribution in [-0.4, -0.2) is 22.5 Å². The molecule has 0 bridgehead atoms. The summed E-state index contributed by atoms with van der Waals surface area (Å²) in [6.07, 6.45) is 0.218. The van der Waals surface area contributed by atoms with Gasteiger partial charge in [-0.25, -0.2) is 4.98 Å². The van der Waals surface area contributed by atoms with Gasteiger partial charge in [0.05, 0.1) is 24.4 Å². The van der Waals surface area contributed by atoms with Crippen LogP contribution in [0.15, 0.2) is 23.6 Å². The second kappa shape index (κ2) is 5.73. The molecular formula is C13H14N2O2S. The third-order valence-corrected chi connectivity index (χ3v) is 3.20. The van der Waals surface area contributed by atoms with Gasteiger partial charge in [0.1, 0.15) is 5.01 Å². The summed E-state index contributed by atoms with van der Waals surface area (Å²) in [4.78, 5) is 20.1. The Hall–Kier alpha value is -1.75. The molecule has 2 aromatic heterocycles. The topological polar surface area (TPSA) is 52.1 Å². The van der Waals surface area contributed by atoms with E-state index in [2.05, 4.69) is 9.97 Å². The molecule has 4 nitrogen and oxygen atoms in total. The van der Waals surface area contributed by atoms with Crippen molar-refractivity contribution in [2.75, 3.05) is 6.61 Å². The molecule has 0 aliphatic rings. The van der Waals surface area contributed by atoms with Gasteiger partial charge in [-0.2, -0.15) is 0 Å². The molecule has 94 valence electrons. The summed E-state index contributed by atoms with van der Waals surface area (Å²) in [6.45, 7) is 4.13. The number of pyridine rings is 1. The first-order chi connectivity index (χ1) is 8.69. The summed E-state index contributed by atoms with van der Waals surface area (Å²) < 4.78 is 4.89. The van der Waals surface area contributed by atoms with Crippen LogP contribution in [-0.2, 0) is 16.0 Å². The summed E-state index contributed by atoms with van der Waals surface area (Å²) in [5.41, 5.74) is 2.53. The summed E-state index contributed by atoms with van der Waals surface area (Å²) in [5.74, 6) is -0.244. The van der Waals surface area contributed by atoms with Gasteiger partial charge in [0, 0.05) is 11.1 Å². The second-order valence-corrected chi connectivity index (χ2v) is 4.65. The summed E-state index contributed by atoms with van der Waals surface area (Å²) >= 11 is 1.49.